The first-order valence-corrected chi connectivity index (χ1v) is 14.3. The third kappa shape index (κ3) is 11.7. The van der Waals surface area contributed by atoms with Gasteiger partial charge in [0.05, 0.1) is 58.5 Å². The predicted octanol–water partition coefficient (Wildman–Crippen LogP) is 1.51. The molecule has 17 heteroatoms. The fourth-order valence-corrected chi connectivity index (χ4v) is 4.28. The average Bonchev–Trinajstić information content (AvgIpc) is 2.88. The second-order valence-corrected chi connectivity index (χ2v) is 9.91. The van der Waals surface area contributed by atoms with Crippen molar-refractivity contribution >= 4 is 81.9 Å². The predicted molar refractivity (Wildman–Crippen MR) is 138 cm³/mol. The molecule has 0 radical (unpaired) electrons. The summed E-state index contributed by atoms with van der Waals surface area (Å²) in [7, 11) is -9.85. The number of rotatable bonds is 10. The van der Waals surface area contributed by atoms with Gasteiger partial charge in [0.25, 0.3) is 0 Å². The molecule has 0 heterocycles. The van der Waals surface area contributed by atoms with Crippen LogP contribution in [0.5, 0.6) is 0 Å². The van der Waals surface area contributed by atoms with E-state index in [2.05, 4.69) is 9.47 Å². The van der Waals surface area contributed by atoms with Crippen LogP contribution in [0.25, 0.3) is 0 Å². The summed E-state index contributed by atoms with van der Waals surface area (Å²) in [5, 5.41) is 0. The van der Waals surface area contributed by atoms with Gasteiger partial charge in [0, 0.05) is 0 Å². The maximum absolute atomic E-state index is 11.6. The number of carbonyl (C=O) groups is 4. The minimum Gasteiger partial charge on any atom is -0.744 e. The van der Waals surface area contributed by atoms with E-state index in [9.17, 15) is 45.1 Å². The van der Waals surface area contributed by atoms with Crippen molar-refractivity contribution in [3.8, 4) is 0 Å². The molecule has 2 aromatic rings. The van der Waals surface area contributed by atoms with Gasteiger partial charge >= 0.3 is 61.6 Å². The molecule has 0 fully saturated rings. The molecular weight excluding hydrogens is 616 g/mol. The zero-order chi connectivity index (χ0) is 30.7. The van der Waals surface area contributed by atoms with Crippen molar-refractivity contribution in [1.29, 1.82) is 0 Å². The van der Waals surface area contributed by atoms with E-state index in [4.69, 9.17) is 9.47 Å². The monoisotopic (exact) mass is 642 g/mol. The van der Waals surface area contributed by atoms with Crippen LogP contribution in [-0.2, 0) is 39.2 Å². The van der Waals surface area contributed by atoms with E-state index in [0.717, 1.165) is 24.3 Å². The molecule has 2 rings (SSSR count). The van der Waals surface area contributed by atoms with Crippen molar-refractivity contribution in [2.24, 2.45) is 0 Å². The van der Waals surface area contributed by atoms with Crippen molar-refractivity contribution in [2.45, 2.75) is 37.5 Å². The molecule has 41 heavy (non-hydrogen) atoms. The molecule has 2 aromatic carbocycles. The number of hydrogen-bond donors (Lipinski definition) is 0. The molecule has 0 aliphatic heterocycles. The molecule has 0 atom stereocenters. The van der Waals surface area contributed by atoms with Crippen LogP contribution in [0.3, 0.4) is 0 Å². The number of hydrogen-bond acceptors (Lipinski definition) is 14. The van der Waals surface area contributed by atoms with Crippen LogP contribution in [-0.4, -0.2) is 114 Å². The minimum absolute atomic E-state index is 0. The molecule has 0 aliphatic rings. The van der Waals surface area contributed by atoms with Crippen LogP contribution in [0.4, 0.5) is 0 Å². The van der Waals surface area contributed by atoms with Gasteiger partial charge < -0.3 is 28.1 Å². The maximum Gasteiger partial charge on any atom is 2.00 e. The first-order chi connectivity index (χ1) is 18.6. The number of benzene rings is 2. The van der Waals surface area contributed by atoms with Gasteiger partial charge in [-0.25, -0.2) is 36.0 Å². The summed E-state index contributed by atoms with van der Waals surface area (Å²) in [6, 6.07) is 6.11. The Kier molecular flexibility index (Phi) is 16.3. The summed E-state index contributed by atoms with van der Waals surface area (Å²) >= 11 is 0. The number of carbonyl (C=O) groups excluding carboxylic acids is 4. The summed E-state index contributed by atoms with van der Waals surface area (Å²) in [4.78, 5) is 44.5. The van der Waals surface area contributed by atoms with Crippen LogP contribution in [0.2, 0.25) is 0 Å². The summed E-state index contributed by atoms with van der Waals surface area (Å²) < 4.78 is 85.8. The fraction of sp³-hybridized carbons (Fsp3) is 0.333. The molecule has 0 unspecified atom stereocenters. The van der Waals surface area contributed by atoms with E-state index < -0.39 is 65.0 Å². The van der Waals surface area contributed by atoms with Gasteiger partial charge in [0.1, 0.15) is 20.2 Å². The van der Waals surface area contributed by atoms with Crippen LogP contribution >= 0.6 is 0 Å². The Morgan fingerprint density at radius 2 is 0.829 bits per heavy atom. The quantitative estimate of drug-likeness (QED) is 0.155. The standard InChI is InChI=1S/2C12H14O7S.Ca/c2*1-3-18-11(13)8-5-6-9(12(14)19-4-2)10(7-8)20(15,16)17;/h2*5-7H,3-4H2,1-2H3,(H,15,16,17);/q;;+2/p-2. The molecule has 0 saturated heterocycles. The molecule has 0 aliphatic carbocycles. The Balaban J connectivity index is 0.000000762. The van der Waals surface area contributed by atoms with Crippen molar-refractivity contribution in [1.82, 2.24) is 0 Å². The average molecular weight is 643 g/mol. The third-order valence-corrected chi connectivity index (χ3v) is 6.27. The molecular formula is C24H26CaO14S2. The first-order valence-electron chi connectivity index (χ1n) is 11.5. The van der Waals surface area contributed by atoms with Crippen LogP contribution in [0, 0.1) is 0 Å². The SMILES string of the molecule is CCOC(=O)c1ccc(C(=O)OCC)c(S(=O)(=O)[O-])c1.CCOC(=O)c1ccc(C(=O)OCC)c(S(=O)(=O)[O-])c1.[Ca+2]. The number of ether oxygens (including phenoxy) is 4. The molecule has 14 nitrogen and oxygen atoms in total. The largest absolute Gasteiger partial charge is 2.00 e. The molecule has 220 valence electrons. The van der Waals surface area contributed by atoms with E-state index in [1.807, 2.05) is 0 Å². The zero-order valence-corrected chi connectivity index (χ0v) is 26.4. The van der Waals surface area contributed by atoms with Crippen LogP contribution in [0.1, 0.15) is 69.1 Å². The summed E-state index contributed by atoms with van der Waals surface area (Å²) in [5.41, 5.74) is -1.08. The Bertz CT molecular complexity index is 1360. The Hall–Kier alpha value is -2.60. The molecule has 0 saturated carbocycles. The summed E-state index contributed by atoms with van der Waals surface area (Å²) in [5.74, 6) is -3.46. The molecule has 0 spiro atoms. The topological polar surface area (TPSA) is 220 Å². The molecule has 0 N–H and O–H groups in total. The van der Waals surface area contributed by atoms with Crippen LogP contribution in [0.15, 0.2) is 46.2 Å². The van der Waals surface area contributed by atoms with Crippen molar-refractivity contribution in [3.63, 3.8) is 0 Å². The van der Waals surface area contributed by atoms with E-state index >= 15 is 0 Å². The number of esters is 4. The normalized spacial score (nSPS) is 10.7. The van der Waals surface area contributed by atoms with Gasteiger partial charge in [-0.05, 0) is 64.1 Å². The van der Waals surface area contributed by atoms with E-state index in [1.165, 1.54) is 26.0 Å². The van der Waals surface area contributed by atoms with Crippen LogP contribution < -0.4 is 0 Å². The molecule has 0 aromatic heterocycles. The third-order valence-electron chi connectivity index (χ3n) is 4.51. The van der Waals surface area contributed by atoms with Crippen molar-refractivity contribution < 1.29 is 64.1 Å². The molecule has 0 bridgehead atoms. The maximum atomic E-state index is 11.6. The fourth-order valence-electron chi connectivity index (χ4n) is 2.90. The smallest absolute Gasteiger partial charge is 0.744 e. The summed E-state index contributed by atoms with van der Waals surface area (Å²) in [6.07, 6.45) is 0. The van der Waals surface area contributed by atoms with Gasteiger partial charge in [-0.1, -0.05) is 0 Å². The second kappa shape index (κ2) is 17.4. The van der Waals surface area contributed by atoms with Gasteiger partial charge in [-0.2, -0.15) is 0 Å². The zero-order valence-electron chi connectivity index (χ0n) is 22.5. The Morgan fingerprint density at radius 1 is 0.561 bits per heavy atom. The van der Waals surface area contributed by atoms with Gasteiger partial charge in [0.15, 0.2) is 0 Å². The summed E-state index contributed by atoms with van der Waals surface area (Å²) in [6.45, 7) is 6.47. The van der Waals surface area contributed by atoms with E-state index in [-0.39, 0.29) is 75.3 Å². The second-order valence-electron chi connectivity index (χ2n) is 7.21. The van der Waals surface area contributed by atoms with Gasteiger partial charge in [-0.15, -0.1) is 0 Å². The Labute approximate surface area is 266 Å². The van der Waals surface area contributed by atoms with Crippen molar-refractivity contribution in [3.05, 3.63) is 58.7 Å². The first kappa shape index (κ1) is 38.4. The minimum atomic E-state index is -4.93. The Morgan fingerprint density at radius 3 is 1.07 bits per heavy atom. The molecule has 0 amide bonds. The van der Waals surface area contributed by atoms with E-state index in [0.29, 0.717) is 0 Å². The van der Waals surface area contributed by atoms with Crippen molar-refractivity contribution in [2.75, 3.05) is 26.4 Å². The van der Waals surface area contributed by atoms with E-state index in [1.54, 1.807) is 13.8 Å². The van der Waals surface area contributed by atoms with Gasteiger partial charge in [-0.3, -0.25) is 0 Å². The van der Waals surface area contributed by atoms with Gasteiger partial charge in [0.2, 0.25) is 0 Å².